The zero-order valence-corrected chi connectivity index (χ0v) is 8.99. The van der Waals surface area contributed by atoms with Gasteiger partial charge in [-0.3, -0.25) is 4.79 Å². The molecular formula is C11H16N2O2. The predicted octanol–water partition coefficient (Wildman–Crippen LogP) is 0.531. The third-order valence-electron chi connectivity index (χ3n) is 2.40. The lowest BCUT2D eigenvalue weighted by Gasteiger charge is -2.13. The molecule has 1 unspecified atom stereocenters. The molecule has 0 radical (unpaired) electrons. The number of carbonyl (C=O) groups is 1. The van der Waals surface area contributed by atoms with Gasteiger partial charge < -0.3 is 16.2 Å². The van der Waals surface area contributed by atoms with Crippen molar-refractivity contribution in [2.75, 3.05) is 13.7 Å². The van der Waals surface area contributed by atoms with Crippen LogP contribution in [-0.2, 0) is 4.79 Å². The van der Waals surface area contributed by atoms with E-state index < -0.39 is 11.8 Å². The van der Waals surface area contributed by atoms with E-state index in [0.29, 0.717) is 0 Å². The lowest BCUT2D eigenvalue weighted by atomic mass is 9.97. The van der Waals surface area contributed by atoms with E-state index in [4.69, 9.17) is 16.2 Å². The molecule has 0 bridgehead atoms. The maximum atomic E-state index is 11.1. The van der Waals surface area contributed by atoms with E-state index in [1.54, 1.807) is 7.11 Å². The molecule has 0 aromatic heterocycles. The Labute approximate surface area is 89.2 Å². The van der Waals surface area contributed by atoms with Crippen LogP contribution in [0.4, 0.5) is 0 Å². The number of carbonyl (C=O) groups excluding carboxylic acids is 1. The van der Waals surface area contributed by atoms with Gasteiger partial charge in [-0.15, -0.1) is 0 Å². The molecule has 1 atom stereocenters. The number of hydrogen-bond acceptors (Lipinski definition) is 3. The number of benzene rings is 1. The lowest BCUT2D eigenvalue weighted by Crippen LogP contribution is -2.27. The first-order chi connectivity index (χ1) is 7.10. The topological polar surface area (TPSA) is 78.3 Å². The van der Waals surface area contributed by atoms with Crippen LogP contribution in [0.15, 0.2) is 18.2 Å². The Morgan fingerprint density at radius 2 is 2.20 bits per heavy atom. The Balaban J connectivity index is 3.05. The first kappa shape index (κ1) is 11.5. The number of rotatable bonds is 4. The minimum atomic E-state index is -0.422. The summed E-state index contributed by atoms with van der Waals surface area (Å²) in [4.78, 5) is 11.1. The highest BCUT2D eigenvalue weighted by Gasteiger charge is 2.16. The Hall–Kier alpha value is -1.55. The van der Waals surface area contributed by atoms with Gasteiger partial charge in [0.25, 0.3) is 0 Å². The number of nitrogens with two attached hydrogens (primary N) is 2. The van der Waals surface area contributed by atoms with Crippen molar-refractivity contribution >= 4 is 5.91 Å². The fourth-order valence-corrected chi connectivity index (χ4v) is 1.53. The molecule has 1 amide bonds. The lowest BCUT2D eigenvalue weighted by molar-refractivity contribution is -0.119. The van der Waals surface area contributed by atoms with Crippen LogP contribution in [0.5, 0.6) is 5.75 Å². The number of hydrogen-bond donors (Lipinski definition) is 2. The van der Waals surface area contributed by atoms with E-state index in [2.05, 4.69) is 0 Å². The number of primary amides is 1. The third-order valence-corrected chi connectivity index (χ3v) is 2.40. The number of aryl methyl sites for hydroxylation is 1. The molecular weight excluding hydrogens is 192 g/mol. The zero-order chi connectivity index (χ0) is 11.4. The molecule has 82 valence electrons. The van der Waals surface area contributed by atoms with E-state index in [1.807, 2.05) is 25.1 Å². The first-order valence-electron chi connectivity index (χ1n) is 4.74. The number of ether oxygens (including phenoxy) is 1. The van der Waals surface area contributed by atoms with Gasteiger partial charge in [-0.05, 0) is 24.1 Å². The van der Waals surface area contributed by atoms with Crippen LogP contribution in [-0.4, -0.2) is 19.6 Å². The second kappa shape index (κ2) is 4.79. The predicted molar refractivity (Wildman–Crippen MR) is 58.7 cm³/mol. The number of methoxy groups -OCH3 is 1. The molecule has 0 aliphatic rings. The van der Waals surface area contributed by atoms with Gasteiger partial charge in [0.05, 0.1) is 13.0 Å². The summed E-state index contributed by atoms with van der Waals surface area (Å²) < 4.78 is 5.13. The van der Waals surface area contributed by atoms with Gasteiger partial charge in [-0.1, -0.05) is 12.1 Å². The Morgan fingerprint density at radius 3 is 2.60 bits per heavy atom. The van der Waals surface area contributed by atoms with Crippen molar-refractivity contribution in [2.24, 2.45) is 11.5 Å². The summed E-state index contributed by atoms with van der Waals surface area (Å²) in [5.74, 6) is -0.0318. The Morgan fingerprint density at radius 1 is 1.53 bits per heavy atom. The van der Waals surface area contributed by atoms with E-state index >= 15 is 0 Å². The molecule has 0 aliphatic carbocycles. The Kier molecular flexibility index (Phi) is 3.68. The maximum absolute atomic E-state index is 11.1. The summed E-state index contributed by atoms with van der Waals surface area (Å²) >= 11 is 0. The summed E-state index contributed by atoms with van der Waals surface area (Å²) in [6.07, 6.45) is 0. The molecule has 1 aromatic rings. The molecule has 4 N–H and O–H groups in total. The van der Waals surface area contributed by atoms with Crippen LogP contribution in [0.25, 0.3) is 0 Å². The van der Waals surface area contributed by atoms with E-state index in [9.17, 15) is 4.79 Å². The summed E-state index contributed by atoms with van der Waals surface area (Å²) in [6.45, 7) is 2.14. The molecule has 0 fully saturated rings. The van der Waals surface area contributed by atoms with Crippen LogP contribution in [0.3, 0.4) is 0 Å². The van der Waals surface area contributed by atoms with Crippen LogP contribution >= 0.6 is 0 Å². The molecule has 4 heteroatoms. The fraction of sp³-hybridized carbons (Fsp3) is 0.364. The van der Waals surface area contributed by atoms with Gasteiger partial charge in [-0.25, -0.2) is 0 Å². The van der Waals surface area contributed by atoms with Gasteiger partial charge in [0, 0.05) is 6.54 Å². The van der Waals surface area contributed by atoms with Crippen LogP contribution in [0, 0.1) is 6.92 Å². The highest BCUT2D eigenvalue weighted by atomic mass is 16.5. The van der Waals surface area contributed by atoms with E-state index in [0.717, 1.165) is 16.9 Å². The highest BCUT2D eigenvalue weighted by Crippen LogP contribution is 2.23. The summed E-state index contributed by atoms with van der Waals surface area (Å²) in [7, 11) is 1.61. The van der Waals surface area contributed by atoms with Gasteiger partial charge >= 0.3 is 0 Å². The molecule has 4 nitrogen and oxygen atoms in total. The van der Waals surface area contributed by atoms with E-state index in [1.165, 1.54) is 0 Å². The zero-order valence-electron chi connectivity index (χ0n) is 8.99. The van der Waals surface area contributed by atoms with Crippen LogP contribution in [0.2, 0.25) is 0 Å². The first-order valence-corrected chi connectivity index (χ1v) is 4.74. The minimum absolute atomic E-state index is 0.223. The molecule has 0 saturated carbocycles. The summed E-state index contributed by atoms with van der Waals surface area (Å²) in [5.41, 5.74) is 12.5. The summed E-state index contributed by atoms with van der Waals surface area (Å²) in [5, 5.41) is 0. The largest absolute Gasteiger partial charge is 0.496 e. The van der Waals surface area contributed by atoms with Crippen molar-refractivity contribution in [3.8, 4) is 5.75 Å². The maximum Gasteiger partial charge on any atom is 0.226 e. The van der Waals surface area contributed by atoms with Crippen molar-refractivity contribution < 1.29 is 9.53 Å². The van der Waals surface area contributed by atoms with Gasteiger partial charge in [0.2, 0.25) is 5.91 Å². The quantitative estimate of drug-likeness (QED) is 0.757. The highest BCUT2D eigenvalue weighted by molar-refractivity contribution is 5.82. The van der Waals surface area contributed by atoms with Crippen molar-refractivity contribution in [1.82, 2.24) is 0 Å². The molecule has 1 rings (SSSR count). The van der Waals surface area contributed by atoms with Gasteiger partial charge in [0.15, 0.2) is 0 Å². The molecule has 0 heterocycles. The second-order valence-electron chi connectivity index (χ2n) is 3.42. The average Bonchev–Trinajstić information content (AvgIpc) is 2.18. The molecule has 1 aromatic carbocycles. The molecule has 15 heavy (non-hydrogen) atoms. The fourth-order valence-electron chi connectivity index (χ4n) is 1.53. The SMILES string of the molecule is COc1ccc(C(CN)C(N)=O)cc1C. The summed E-state index contributed by atoms with van der Waals surface area (Å²) in [6, 6.07) is 5.51. The van der Waals surface area contributed by atoms with Crippen molar-refractivity contribution in [3.05, 3.63) is 29.3 Å². The molecule has 0 aliphatic heterocycles. The normalized spacial score (nSPS) is 12.2. The van der Waals surface area contributed by atoms with Gasteiger partial charge in [-0.2, -0.15) is 0 Å². The number of amides is 1. The van der Waals surface area contributed by atoms with Crippen molar-refractivity contribution in [3.63, 3.8) is 0 Å². The van der Waals surface area contributed by atoms with Crippen molar-refractivity contribution in [1.29, 1.82) is 0 Å². The minimum Gasteiger partial charge on any atom is -0.496 e. The standard InChI is InChI=1S/C11H16N2O2/c1-7-5-8(3-4-10(7)15-2)9(6-12)11(13)14/h3-5,9H,6,12H2,1-2H3,(H2,13,14). The second-order valence-corrected chi connectivity index (χ2v) is 3.42. The average molecular weight is 208 g/mol. The third kappa shape index (κ3) is 2.47. The molecule has 0 spiro atoms. The molecule has 0 saturated heterocycles. The van der Waals surface area contributed by atoms with E-state index in [-0.39, 0.29) is 6.54 Å². The van der Waals surface area contributed by atoms with Crippen LogP contribution in [0.1, 0.15) is 17.0 Å². The van der Waals surface area contributed by atoms with Crippen molar-refractivity contribution in [2.45, 2.75) is 12.8 Å². The smallest absolute Gasteiger partial charge is 0.226 e. The van der Waals surface area contributed by atoms with Gasteiger partial charge in [0.1, 0.15) is 5.75 Å². The Bertz CT molecular complexity index is 364. The van der Waals surface area contributed by atoms with Crippen LogP contribution < -0.4 is 16.2 Å². The monoisotopic (exact) mass is 208 g/mol.